The third-order valence-electron chi connectivity index (χ3n) is 4.01. The molecule has 0 aliphatic rings. The molecule has 0 bridgehead atoms. The molecule has 2 rings (SSSR count). The highest BCUT2D eigenvalue weighted by Crippen LogP contribution is 2.20. The quantitative estimate of drug-likeness (QED) is 0.851. The minimum Gasteiger partial charge on any atom is -0.394 e. The molecule has 0 saturated heterocycles. The zero-order valence-electron chi connectivity index (χ0n) is 14.4. The molecule has 2 N–H and O–H groups in total. The molecule has 5 heteroatoms. The van der Waals surface area contributed by atoms with E-state index in [0.717, 1.165) is 23.4 Å². The van der Waals surface area contributed by atoms with Crippen molar-refractivity contribution in [1.82, 2.24) is 9.88 Å². The van der Waals surface area contributed by atoms with E-state index in [-0.39, 0.29) is 19.1 Å². The van der Waals surface area contributed by atoms with Crippen LogP contribution in [0.3, 0.4) is 0 Å². The Labute approximate surface area is 142 Å². The first-order valence-electron chi connectivity index (χ1n) is 8.07. The molecule has 24 heavy (non-hydrogen) atoms. The smallest absolute Gasteiger partial charge is 0.253 e. The van der Waals surface area contributed by atoms with E-state index in [1.807, 2.05) is 25.1 Å². The number of likely N-dealkylation sites (N-methyl/N-ethyl adjacent to an activating group) is 1. The molecule has 0 saturated carbocycles. The Kier molecular flexibility index (Phi) is 6.06. The highest BCUT2D eigenvalue weighted by molar-refractivity contribution is 5.94. The van der Waals surface area contributed by atoms with Crippen LogP contribution in [0.25, 0.3) is 11.3 Å². The molecule has 1 unspecified atom stereocenters. The Morgan fingerprint density at radius 2 is 1.88 bits per heavy atom. The van der Waals surface area contributed by atoms with Crippen molar-refractivity contribution in [2.75, 3.05) is 20.2 Å². The zero-order chi connectivity index (χ0) is 17.7. The summed E-state index contributed by atoms with van der Waals surface area (Å²) in [7, 11) is 1.60. The van der Waals surface area contributed by atoms with E-state index in [1.54, 1.807) is 19.2 Å². The molecule has 1 aromatic carbocycles. The van der Waals surface area contributed by atoms with Crippen molar-refractivity contribution in [1.29, 1.82) is 0 Å². The summed E-state index contributed by atoms with van der Waals surface area (Å²) in [5.41, 5.74) is 4.64. The lowest BCUT2D eigenvalue weighted by atomic mass is 10.1. The second-order valence-corrected chi connectivity index (χ2v) is 5.91. The van der Waals surface area contributed by atoms with E-state index in [1.165, 1.54) is 10.5 Å². The zero-order valence-corrected chi connectivity index (χ0v) is 14.4. The number of hydrogen-bond donors (Lipinski definition) is 2. The lowest BCUT2D eigenvalue weighted by molar-refractivity contribution is 0.0520. The van der Waals surface area contributed by atoms with Gasteiger partial charge in [0.15, 0.2) is 0 Å². The van der Waals surface area contributed by atoms with Gasteiger partial charge in [-0.1, -0.05) is 25.1 Å². The Balaban J connectivity index is 2.17. The van der Waals surface area contributed by atoms with Gasteiger partial charge in [0.25, 0.3) is 5.91 Å². The molecule has 1 aromatic heterocycles. The molecule has 1 heterocycles. The highest BCUT2D eigenvalue weighted by atomic mass is 16.3. The van der Waals surface area contributed by atoms with Crippen molar-refractivity contribution in [3.8, 4) is 11.3 Å². The normalized spacial score (nSPS) is 12.0. The average Bonchev–Trinajstić information content (AvgIpc) is 2.61. The van der Waals surface area contributed by atoms with Crippen molar-refractivity contribution in [3.63, 3.8) is 0 Å². The number of aliphatic hydroxyl groups is 2. The minimum atomic E-state index is -0.928. The molecule has 0 spiro atoms. The van der Waals surface area contributed by atoms with Crippen molar-refractivity contribution >= 4 is 5.91 Å². The monoisotopic (exact) mass is 328 g/mol. The van der Waals surface area contributed by atoms with Gasteiger partial charge in [0.1, 0.15) is 0 Å². The second kappa shape index (κ2) is 8.04. The Morgan fingerprint density at radius 1 is 1.21 bits per heavy atom. The molecule has 0 aliphatic heterocycles. The minimum absolute atomic E-state index is 0.0937. The fourth-order valence-electron chi connectivity index (χ4n) is 2.55. The highest BCUT2D eigenvalue weighted by Gasteiger charge is 2.15. The van der Waals surface area contributed by atoms with Gasteiger partial charge in [-0.05, 0) is 37.1 Å². The van der Waals surface area contributed by atoms with Crippen LogP contribution in [0.2, 0.25) is 0 Å². The number of benzene rings is 1. The van der Waals surface area contributed by atoms with Gasteiger partial charge in [0, 0.05) is 30.4 Å². The maximum absolute atomic E-state index is 12.3. The van der Waals surface area contributed by atoms with Crippen LogP contribution < -0.4 is 0 Å². The van der Waals surface area contributed by atoms with Crippen LogP contribution in [0.5, 0.6) is 0 Å². The summed E-state index contributed by atoms with van der Waals surface area (Å²) in [6.07, 6.45) is -0.0451. The van der Waals surface area contributed by atoms with Gasteiger partial charge in [-0.3, -0.25) is 9.78 Å². The van der Waals surface area contributed by atoms with E-state index < -0.39 is 6.10 Å². The Hall–Kier alpha value is -2.24. The van der Waals surface area contributed by atoms with Crippen LogP contribution in [-0.4, -0.2) is 52.3 Å². The van der Waals surface area contributed by atoms with Crippen LogP contribution in [0.4, 0.5) is 0 Å². The topological polar surface area (TPSA) is 73.7 Å². The first-order valence-corrected chi connectivity index (χ1v) is 8.07. The van der Waals surface area contributed by atoms with E-state index in [9.17, 15) is 9.90 Å². The lowest BCUT2D eigenvalue weighted by Crippen LogP contribution is -2.35. The summed E-state index contributed by atoms with van der Waals surface area (Å²) >= 11 is 0. The van der Waals surface area contributed by atoms with E-state index in [2.05, 4.69) is 18.0 Å². The van der Waals surface area contributed by atoms with E-state index >= 15 is 0 Å². The van der Waals surface area contributed by atoms with Crippen LogP contribution in [0.1, 0.15) is 28.5 Å². The molecule has 2 aromatic rings. The van der Waals surface area contributed by atoms with Gasteiger partial charge in [-0.15, -0.1) is 0 Å². The van der Waals surface area contributed by atoms with Gasteiger partial charge >= 0.3 is 0 Å². The first-order chi connectivity index (χ1) is 11.5. The van der Waals surface area contributed by atoms with E-state index in [4.69, 9.17) is 5.11 Å². The largest absolute Gasteiger partial charge is 0.394 e. The summed E-state index contributed by atoms with van der Waals surface area (Å²) in [4.78, 5) is 18.4. The summed E-state index contributed by atoms with van der Waals surface area (Å²) in [6.45, 7) is 3.86. The Bertz CT molecular complexity index is 698. The molecule has 1 atom stereocenters. The van der Waals surface area contributed by atoms with Gasteiger partial charge in [0.2, 0.25) is 0 Å². The fraction of sp³-hybridized carbons (Fsp3) is 0.368. The number of amides is 1. The molecular formula is C19H24N2O3. The van der Waals surface area contributed by atoms with Crippen LogP contribution in [0, 0.1) is 6.92 Å². The van der Waals surface area contributed by atoms with Crippen molar-refractivity contribution < 1.29 is 15.0 Å². The number of hydrogen-bond acceptors (Lipinski definition) is 4. The van der Waals surface area contributed by atoms with Crippen LogP contribution in [-0.2, 0) is 6.42 Å². The summed E-state index contributed by atoms with van der Waals surface area (Å²) in [6, 6.07) is 11.3. The molecule has 0 fully saturated rings. The number of aliphatic hydroxyl groups excluding tert-OH is 2. The first kappa shape index (κ1) is 18.1. The number of rotatable bonds is 6. The van der Waals surface area contributed by atoms with Gasteiger partial charge in [0.05, 0.1) is 18.4 Å². The van der Waals surface area contributed by atoms with Crippen LogP contribution >= 0.6 is 0 Å². The number of pyridine rings is 1. The predicted octanol–water partition coefficient (Wildman–Crippen LogP) is 2.04. The molecular weight excluding hydrogens is 304 g/mol. The molecule has 5 nitrogen and oxygen atoms in total. The van der Waals surface area contributed by atoms with Crippen molar-refractivity contribution in [3.05, 3.63) is 53.2 Å². The third-order valence-corrected chi connectivity index (χ3v) is 4.01. The molecule has 1 amide bonds. The number of aromatic nitrogens is 1. The number of carbonyl (C=O) groups excluding carboxylic acids is 1. The second-order valence-electron chi connectivity index (χ2n) is 5.91. The molecule has 0 radical (unpaired) electrons. The maximum Gasteiger partial charge on any atom is 0.253 e. The summed E-state index contributed by atoms with van der Waals surface area (Å²) < 4.78 is 0. The van der Waals surface area contributed by atoms with Crippen molar-refractivity contribution in [2.45, 2.75) is 26.4 Å². The fourth-order valence-corrected chi connectivity index (χ4v) is 2.55. The number of carbonyl (C=O) groups is 1. The summed E-state index contributed by atoms with van der Waals surface area (Å²) in [5, 5.41) is 18.3. The van der Waals surface area contributed by atoms with Gasteiger partial charge in [-0.2, -0.15) is 0 Å². The number of nitrogens with zero attached hydrogens (tertiary/aromatic N) is 2. The maximum atomic E-state index is 12.3. The standard InChI is InChI=1S/C19H24N2O3/c1-4-17-13(2)5-10-18(20-17)14-6-8-15(9-7-14)19(24)21(3)11-16(23)12-22/h5-10,16,22-23H,4,11-12H2,1-3H3. The SMILES string of the molecule is CCc1nc(-c2ccc(C(=O)N(C)CC(O)CO)cc2)ccc1C. The van der Waals surface area contributed by atoms with Crippen LogP contribution in [0.15, 0.2) is 36.4 Å². The Morgan fingerprint density at radius 3 is 2.46 bits per heavy atom. The molecule has 128 valence electrons. The van der Waals surface area contributed by atoms with Crippen molar-refractivity contribution in [2.24, 2.45) is 0 Å². The lowest BCUT2D eigenvalue weighted by Gasteiger charge is -2.19. The number of aryl methyl sites for hydroxylation is 2. The van der Waals surface area contributed by atoms with E-state index in [0.29, 0.717) is 5.56 Å². The molecule has 0 aliphatic carbocycles. The third kappa shape index (κ3) is 4.19. The summed E-state index contributed by atoms with van der Waals surface area (Å²) in [5.74, 6) is -0.194. The van der Waals surface area contributed by atoms with Gasteiger partial charge < -0.3 is 15.1 Å². The predicted molar refractivity (Wildman–Crippen MR) is 93.8 cm³/mol. The average molecular weight is 328 g/mol. The van der Waals surface area contributed by atoms with Gasteiger partial charge in [-0.25, -0.2) is 0 Å².